The summed E-state index contributed by atoms with van der Waals surface area (Å²) in [5, 5.41) is 27.7. The quantitative estimate of drug-likeness (QED) is 0.311. The molecule has 152 valence electrons. The van der Waals surface area contributed by atoms with Gasteiger partial charge in [-0.05, 0) is 26.7 Å². The number of ether oxygens (including phenoxy) is 4. The molecule has 7 nitrogen and oxygen atoms in total. The number of aliphatic hydroxyl groups excluding tert-OH is 3. The zero-order valence-corrected chi connectivity index (χ0v) is 16.1. The maximum Gasteiger partial charge on any atom is 0.0745 e. The van der Waals surface area contributed by atoms with E-state index in [-0.39, 0.29) is 19.8 Å². The molecule has 2 atom stereocenters. The summed E-state index contributed by atoms with van der Waals surface area (Å²) in [6.07, 6.45) is 1.50. The summed E-state index contributed by atoms with van der Waals surface area (Å²) in [5.74, 6) is 0. The fraction of sp³-hybridized carbons (Fsp3) is 1.00. The Balaban J connectivity index is 4.73. The van der Waals surface area contributed by atoms with Crippen molar-refractivity contribution >= 4 is 0 Å². The molecule has 0 aliphatic heterocycles. The zero-order valence-electron chi connectivity index (χ0n) is 16.1. The molecule has 0 spiro atoms. The largest absolute Gasteiger partial charge is 0.396 e. The summed E-state index contributed by atoms with van der Waals surface area (Å²) < 4.78 is 22.7. The average Bonchev–Trinajstić information content (AvgIpc) is 2.55. The molecule has 2 unspecified atom stereocenters. The molecule has 3 N–H and O–H groups in total. The second-order valence-electron chi connectivity index (χ2n) is 6.76. The lowest BCUT2D eigenvalue weighted by Gasteiger charge is -2.33. The van der Waals surface area contributed by atoms with Crippen molar-refractivity contribution in [2.45, 2.75) is 52.2 Å². The van der Waals surface area contributed by atoms with Gasteiger partial charge in [-0.2, -0.15) is 0 Å². The smallest absolute Gasteiger partial charge is 0.0745 e. The van der Waals surface area contributed by atoms with Crippen molar-refractivity contribution in [2.24, 2.45) is 5.41 Å². The van der Waals surface area contributed by atoms with E-state index in [1.807, 2.05) is 0 Å². The Kier molecular flexibility index (Phi) is 15.8. The van der Waals surface area contributed by atoms with E-state index < -0.39 is 17.6 Å². The van der Waals surface area contributed by atoms with Crippen LogP contribution in [0.2, 0.25) is 0 Å². The molecule has 0 fully saturated rings. The molecule has 0 amide bonds. The van der Waals surface area contributed by atoms with E-state index in [1.54, 1.807) is 13.8 Å². The standard InChI is InChI=1S/C18H38O7/c1-4-5-8-22-12-18(13-23-9-6-7-19,14-24-10-16(2)20)15-25-11-17(3)21/h16-17,19-21H,4-15H2,1-3H3. The second kappa shape index (κ2) is 15.9. The number of rotatable bonds is 18. The first-order valence-electron chi connectivity index (χ1n) is 9.23. The summed E-state index contributed by atoms with van der Waals surface area (Å²) >= 11 is 0. The summed E-state index contributed by atoms with van der Waals surface area (Å²) in [7, 11) is 0. The Morgan fingerprint density at radius 1 is 0.760 bits per heavy atom. The highest BCUT2D eigenvalue weighted by Crippen LogP contribution is 2.21. The summed E-state index contributed by atoms with van der Waals surface area (Å²) in [6.45, 7) is 8.48. The van der Waals surface area contributed by atoms with Crippen molar-refractivity contribution in [1.82, 2.24) is 0 Å². The second-order valence-corrected chi connectivity index (χ2v) is 6.76. The van der Waals surface area contributed by atoms with Gasteiger partial charge in [0, 0.05) is 19.8 Å². The van der Waals surface area contributed by atoms with E-state index in [4.69, 9.17) is 24.1 Å². The molecular formula is C18H38O7. The van der Waals surface area contributed by atoms with Crippen LogP contribution in [0.5, 0.6) is 0 Å². The molecule has 0 saturated heterocycles. The van der Waals surface area contributed by atoms with Crippen molar-refractivity contribution in [3.63, 3.8) is 0 Å². The van der Waals surface area contributed by atoms with Crippen molar-refractivity contribution in [2.75, 3.05) is 59.5 Å². The van der Waals surface area contributed by atoms with E-state index in [9.17, 15) is 10.2 Å². The first-order valence-corrected chi connectivity index (χ1v) is 9.23. The molecule has 0 aromatic heterocycles. The van der Waals surface area contributed by atoms with Crippen LogP contribution in [-0.4, -0.2) is 87.0 Å². The van der Waals surface area contributed by atoms with Crippen LogP contribution < -0.4 is 0 Å². The summed E-state index contributed by atoms with van der Waals surface area (Å²) in [6, 6.07) is 0. The highest BCUT2D eigenvalue weighted by molar-refractivity contribution is 4.80. The topological polar surface area (TPSA) is 97.6 Å². The van der Waals surface area contributed by atoms with Crippen LogP contribution in [-0.2, 0) is 18.9 Å². The van der Waals surface area contributed by atoms with E-state index >= 15 is 0 Å². The lowest BCUT2D eigenvalue weighted by molar-refractivity contribution is -0.119. The van der Waals surface area contributed by atoms with Gasteiger partial charge < -0.3 is 34.3 Å². The van der Waals surface area contributed by atoms with Crippen LogP contribution in [0.3, 0.4) is 0 Å². The average molecular weight is 366 g/mol. The molecule has 0 aliphatic carbocycles. The lowest BCUT2D eigenvalue weighted by atomic mass is 9.92. The van der Waals surface area contributed by atoms with Crippen molar-refractivity contribution < 1.29 is 34.3 Å². The molecule has 0 aliphatic rings. The third kappa shape index (κ3) is 14.6. The van der Waals surface area contributed by atoms with Gasteiger partial charge >= 0.3 is 0 Å². The van der Waals surface area contributed by atoms with Gasteiger partial charge in [0.05, 0.1) is 57.3 Å². The number of unbranched alkanes of at least 4 members (excludes halogenated alkanes) is 1. The molecule has 0 heterocycles. The zero-order chi connectivity index (χ0) is 19.0. The van der Waals surface area contributed by atoms with E-state index in [2.05, 4.69) is 6.92 Å². The van der Waals surface area contributed by atoms with Gasteiger partial charge in [-0.15, -0.1) is 0 Å². The summed E-state index contributed by atoms with van der Waals surface area (Å²) in [4.78, 5) is 0. The fourth-order valence-electron chi connectivity index (χ4n) is 2.13. The Labute approximate surface area is 152 Å². The Morgan fingerprint density at radius 2 is 1.20 bits per heavy atom. The lowest BCUT2D eigenvalue weighted by Crippen LogP contribution is -2.43. The van der Waals surface area contributed by atoms with Gasteiger partial charge in [0.2, 0.25) is 0 Å². The van der Waals surface area contributed by atoms with Gasteiger partial charge in [0.25, 0.3) is 0 Å². The third-order valence-electron chi connectivity index (χ3n) is 3.44. The normalized spacial score (nSPS) is 16.6. The Morgan fingerprint density at radius 3 is 1.60 bits per heavy atom. The van der Waals surface area contributed by atoms with Crippen LogP contribution in [0.4, 0.5) is 0 Å². The summed E-state index contributed by atoms with van der Waals surface area (Å²) in [5.41, 5.74) is -0.521. The van der Waals surface area contributed by atoms with Gasteiger partial charge in [-0.1, -0.05) is 13.3 Å². The van der Waals surface area contributed by atoms with Gasteiger partial charge in [-0.25, -0.2) is 0 Å². The molecule has 0 aromatic rings. The number of hydrogen-bond donors (Lipinski definition) is 3. The first kappa shape index (κ1) is 24.7. The number of hydrogen-bond acceptors (Lipinski definition) is 7. The molecule has 7 heteroatoms. The third-order valence-corrected chi connectivity index (χ3v) is 3.44. The van der Waals surface area contributed by atoms with Crippen LogP contribution >= 0.6 is 0 Å². The molecule has 25 heavy (non-hydrogen) atoms. The predicted octanol–water partition coefficient (Wildman–Crippen LogP) is 0.983. The van der Waals surface area contributed by atoms with Gasteiger partial charge in [0.15, 0.2) is 0 Å². The first-order chi connectivity index (χ1) is 12.0. The molecule has 0 saturated carbocycles. The highest BCUT2D eigenvalue weighted by Gasteiger charge is 2.32. The maximum absolute atomic E-state index is 9.41. The molecule has 0 radical (unpaired) electrons. The van der Waals surface area contributed by atoms with Crippen molar-refractivity contribution in [3.8, 4) is 0 Å². The Hall–Kier alpha value is -0.280. The van der Waals surface area contributed by atoms with Crippen LogP contribution in [0.1, 0.15) is 40.0 Å². The van der Waals surface area contributed by atoms with Crippen LogP contribution in [0.15, 0.2) is 0 Å². The van der Waals surface area contributed by atoms with E-state index in [0.29, 0.717) is 46.1 Å². The van der Waals surface area contributed by atoms with E-state index in [1.165, 1.54) is 0 Å². The molecule has 0 aromatic carbocycles. The fourth-order valence-corrected chi connectivity index (χ4v) is 2.13. The van der Waals surface area contributed by atoms with Gasteiger partial charge in [0.1, 0.15) is 0 Å². The predicted molar refractivity (Wildman–Crippen MR) is 95.7 cm³/mol. The van der Waals surface area contributed by atoms with Gasteiger partial charge in [-0.3, -0.25) is 0 Å². The van der Waals surface area contributed by atoms with Crippen LogP contribution in [0, 0.1) is 5.41 Å². The minimum Gasteiger partial charge on any atom is -0.396 e. The minimum absolute atomic E-state index is 0.0804. The monoisotopic (exact) mass is 366 g/mol. The molecule has 0 bridgehead atoms. The number of aliphatic hydroxyl groups is 3. The SMILES string of the molecule is CCCCOCC(COCCCO)(COCC(C)O)COCC(C)O. The van der Waals surface area contributed by atoms with Crippen LogP contribution in [0.25, 0.3) is 0 Å². The highest BCUT2D eigenvalue weighted by atomic mass is 16.5. The maximum atomic E-state index is 9.41. The minimum atomic E-state index is -0.549. The molecule has 0 rings (SSSR count). The van der Waals surface area contributed by atoms with Crippen molar-refractivity contribution in [1.29, 1.82) is 0 Å². The van der Waals surface area contributed by atoms with E-state index in [0.717, 1.165) is 12.8 Å². The molecular weight excluding hydrogens is 328 g/mol. The van der Waals surface area contributed by atoms with Crippen molar-refractivity contribution in [3.05, 3.63) is 0 Å². The Bertz CT molecular complexity index is 257.